The fourth-order valence-corrected chi connectivity index (χ4v) is 1.87. The number of likely N-dealkylation sites (N-methyl/N-ethyl adjacent to an activating group) is 1. The highest BCUT2D eigenvalue weighted by Gasteiger charge is 2.06. The summed E-state index contributed by atoms with van der Waals surface area (Å²) < 4.78 is 0. The zero-order chi connectivity index (χ0) is 15.2. The quantitative estimate of drug-likeness (QED) is 0.374. The summed E-state index contributed by atoms with van der Waals surface area (Å²) in [6.45, 7) is 0. The van der Waals surface area contributed by atoms with Crippen LogP contribution in [0.3, 0.4) is 0 Å². The van der Waals surface area contributed by atoms with Gasteiger partial charge in [-0.25, -0.2) is 4.99 Å². The van der Waals surface area contributed by atoms with Crippen molar-refractivity contribution in [1.29, 1.82) is 0 Å². The molecule has 2 aromatic rings. The maximum absolute atomic E-state index is 10.6. The van der Waals surface area contributed by atoms with Crippen LogP contribution in [0.15, 0.2) is 59.6 Å². The summed E-state index contributed by atoms with van der Waals surface area (Å²) in [6.07, 6.45) is 0.713. The molecule has 0 atom stereocenters. The number of aliphatic imine (C=N–C) groups is 1. The van der Waals surface area contributed by atoms with Crippen LogP contribution < -0.4 is 0 Å². The van der Waals surface area contributed by atoms with Crippen LogP contribution in [0.25, 0.3) is 0 Å². The van der Waals surface area contributed by atoms with Gasteiger partial charge in [0.1, 0.15) is 5.84 Å². The van der Waals surface area contributed by atoms with Gasteiger partial charge in [-0.05, 0) is 17.7 Å². The minimum absolute atomic E-state index is 0.0726. The molecule has 0 aliphatic heterocycles. The van der Waals surface area contributed by atoms with Crippen LogP contribution in [-0.2, 0) is 6.42 Å². The lowest BCUT2D eigenvalue weighted by Crippen LogP contribution is -2.23. The Morgan fingerprint density at radius 1 is 1.10 bits per heavy atom. The third-order valence-electron chi connectivity index (χ3n) is 3.04. The molecule has 0 unspecified atom stereocenters. The van der Waals surface area contributed by atoms with Crippen molar-refractivity contribution in [3.63, 3.8) is 0 Å². The normalized spacial score (nSPS) is 11.2. The van der Waals surface area contributed by atoms with Crippen molar-refractivity contribution in [3.05, 3.63) is 70.3 Å². The fourth-order valence-electron chi connectivity index (χ4n) is 1.87. The highest BCUT2D eigenvalue weighted by Crippen LogP contribution is 2.19. The lowest BCUT2D eigenvalue weighted by atomic mass is 10.1. The maximum Gasteiger partial charge on any atom is 0.269 e. The zero-order valence-corrected chi connectivity index (χ0v) is 12.1. The lowest BCUT2D eigenvalue weighted by molar-refractivity contribution is -0.384. The Morgan fingerprint density at radius 2 is 1.71 bits per heavy atom. The van der Waals surface area contributed by atoms with Crippen molar-refractivity contribution < 1.29 is 4.92 Å². The number of nitro benzene ring substituents is 1. The molecule has 2 aromatic carbocycles. The average molecular weight is 283 g/mol. The first-order valence-corrected chi connectivity index (χ1v) is 6.59. The number of hydrogen-bond donors (Lipinski definition) is 0. The van der Waals surface area contributed by atoms with E-state index in [1.807, 2.05) is 37.2 Å². The number of hydrogen-bond acceptors (Lipinski definition) is 3. The van der Waals surface area contributed by atoms with Gasteiger partial charge in [-0.1, -0.05) is 30.3 Å². The van der Waals surface area contributed by atoms with Crippen molar-refractivity contribution in [2.45, 2.75) is 6.42 Å². The maximum atomic E-state index is 10.6. The van der Waals surface area contributed by atoms with E-state index < -0.39 is 4.92 Å². The fraction of sp³-hybridized carbons (Fsp3) is 0.188. The Hall–Kier alpha value is -2.69. The molecule has 0 amide bonds. The van der Waals surface area contributed by atoms with E-state index in [-0.39, 0.29) is 5.69 Å². The molecule has 108 valence electrons. The van der Waals surface area contributed by atoms with Crippen molar-refractivity contribution >= 4 is 17.2 Å². The standard InChI is InChI=1S/C16H17N3O2/c1-18(2)16(12-13-6-4-3-5-7-13)17-14-8-10-15(11-9-14)19(20)21/h3-11H,12H2,1-2H3. The molecule has 0 N–H and O–H groups in total. The number of benzene rings is 2. The Kier molecular flexibility index (Phi) is 4.66. The SMILES string of the molecule is CN(C)C(Cc1ccccc1)=Nc1ccc([N+](=O)[O-])cc1. The summed E-state index contributed by atoms with van der Waals surface area (Å²) in [4.78, 5) is 16.8. The third kappa shape index (κ3) is 4.14. The number of non-ortho nitro benzene ring substituents is 1. The minimum Gasteiger partial charge on any atom is -0.366 e. The minimum atomic E-state index is -0.412. The Balaban J connectivity index is 2.23. The summed E-state index contributed by atoms with van der Waals surface area (Å²) in [6, 6.07) is 16.3. The lowest BCUT2D eigenvalue weighted by Gasteiger charge is -2.16. The topological polar surface area (TPSA) is 58.7 Å². The van der Waals surface area contributed by atoms with Crippen molar-refractivity contribution in [1.82, 2.24) is 4.90 Å². The summed E-state index contributed by atoms with van der Waals surface area (Å²) >= 11 is 0. The molecule has 0 aliphatic carbocycles. The number of amidine groups is 1. The first-order chi connectivity index (χ1) is 10.1. The van der Waals surface area contributed by atoms with Crippen LogP contribution in [0, 0.1) is 10.1 Å². The second-order valence-electron chi connectivity index (χ2n) is 4.86. The van der Waals surface area contributed by atoms with E-state index in [0.717, 1.165) is 5.84 Å². The van der Waals surface area contributed by atoms with E-state index in [2.05, 4.69) is 17.1 Å². The summed E-state index contributed by atoms with van der Waals surface area (Å²) in [5, 5.41) is 10.6. The predicted molar refractivity (Wildman–Crippen MR) is 84.0 cm³/mol. The summed E-state index contributed by atoms with van der Waals surface area (Å²) in [5.74, 6) is 0.898. The van der Waals surface area contributed by atoms with E-state index in [0.29, 0.717) is 12.1 Å². The molecule has 0 saturated carbocycles. The van der Waals surface area contributed by atoms with Gasteiger partial charge in [0.25, 0.3) is 5.69 Å². The molecule has 0 radical (unpaired) electrons. The predicted octanol–water partition coefficient (Wildman–Crippen LogP) is 3.43. The zero-order valence-electron chi connectivity index (χ0n) is 12.1. The summed E-state index contributed by atoms with van der Waals surface area (Å²) in [7, 11) is 3.88. The van der Waals surface area contributed by atoms with Gasteiger partial charge in [0.2, 0.25) is 0 Å². The van der Waals surface area contributed by atoms with Gasteiger partial charge in [-0.15, -0.1) is 0 Å². The van der Waals surface area contributed by atoms with Crippen LogP contribution in [0.2, 0.25) is 0 Å². The molecule has 5 heteroatoms. The Bertz CT molecular complexity index is 634. The van der Waals surface area contributed by atoms with Crippen LogP contribution >= 0.6 is 0 Å². The first kappa shape index (κ1) is 14.7. The van der Waals surface area contributed by atoms with Gasteiger partial charge >= 0.3 is 0 Å². The van der Waals surface area contributed by atoms with E-state index in [9.17, 15) is 10.1 Å². The first-order valence-electron chi connectivity index (χ1n) is 6.59. The molecule has 21 heavy (non-hydrogen) atoms. The Labute approximate surface area is 123 Å². The molecule has 0 heterocycles. The van der Waals surface area contributed by atoms with Crippen molar-refractivity contribution in [2.75, 3.05) is 14.1 Å². The number of rotatable bonds is 4. The molecule has 0 bridgehead atoms. The molecule has 0 spiro atoms. The van der Waals surface area contributed by atoms with E-state index in [1.165, 1.54) is 17.7 Å². The van der Waals surface area contributed by atoms with Crippen LogP contribution in [-0.4, -0.2) is 29.8 Å². The van der Waals surface area contributed by atoms with Gasteiger partial charge in [0.15, 0.2) is 0 Å². The summed E-state index contributed by atoms with van der Waals surface area (Å²) in [5.41, 5.74) is 1.95. The van der Waals surface area contributed by atoms with Gasteiger partial charge in [-0.2, -0.15) is 0 Å². The Morgan fingerprint density at radius 3 is 2.24 bits per heavy atom. The van der Waals surface area contributed by atoms with Gasteiger partial charge in [0.05, 0.1) is 10.6 Å². The second kappa shape index (κ2) is 6.65. The number of nitrogens with zero attached hydrogens (tertiary/aromatic N) is 3. The van der Waals surface area contributed by atoms with E-state index in [1.54, 1.807) is 12.1 Å². The van der Waals surface area contributed by atoms with Crippen LogP contribution in [0.5, 0.6) is 0 Å². The molecule has 0 saturated heterocycles. The highest BCUT2D eigenvalue weighted by atomic mass is 16.6. The van der Waals surface area contributed by atoms with Crippen molar-refractivity contribution in [2.24, 2.45) is 4.99 Å². The molecule has 2 rings (SSSR count). The average Bonchev–Trinajstić information content (AvgIpc) is 2.48. The highest BCUT2D eigenvalue weighted by molar-refractivity contribution is 5.86. The van der Waals surface area contributed by atoms with Crippen LogP contribution in [0.1, 0.15) is 5.56 Å². The number of nitro groups is 1. The molecular weight excluding hydrogens is 266 g/mol. The van der Waals surface area contributed by atoms with Crippen molar-refractivity contribution in [3.8, 4) is 0 Å². The second-order valence-corrected chi connectivity index (χ2v) is 4.86. The molecule has 0 aromatic heterocycles. The van der Waals surface area contributed by atoms with Gasteiger partial charge in [-0.3, -0.25) is 10.1 Å². The van der Waals surface area contributed by atoms with E-state index in [4.69, 9.17) is 0 Å². The van der Waals surface area contributed by atoms with Gasteiger partial charge in [0, 0.05) is 32.6 Å². The molecule has 0 aliphatic rings. The van der Waals surface area contributed by atoms with Crippen LogP contribution in [0.4, 0.5) is 11.4 Å². The molecule has 5 nitrogen and oxygen atoms in total. The smallest absolute Gasteiger partial charge is 0.269 e. The van der Waals surface area contributed by atoms with Gasteiger partial charge < -0.3 is 4.90 Å². The molecular formula is C16H17N3O2. The van der Waals surface area contributed by atoms with E-state index >= 15 is 0 Å². The molecule has 0 fully saturated rings. The monoisotopic (exact) mass is 283 g/mol. The largest absolute Gasteiger partial charge is 0.366 e. The third-order valence-corrected chi connectivity index (χ3v) is 3.04.